The summed E-state index contributed by atoms with van der Waals surface area (Å²) in [7, 11) is -1.16. The van der Waals surface area contributed by atoms with Crippen LogP contribution in [-0.4, -0.2) is 19.3 Å². The average molecular weight is 269 g/mol. The average Bonchev–Trinajstić information content (AvgIpc) is 2.20. The van der Waals surface area contributed by atoms with Gasteiger partial charge in [0.05, 0.1) is 6.10 Å². The molecule has 0 rings (SSSR count). The molecule has 0 unspecified atom stereocenters. The van der Waals surface area contributed by atoms with E-state index in [1.165, 1.54) is 24.8 Å². The highest BCUT2D eigenvalue weighted by atomic mass is 28.3. The van der Waals surface area contributed by atoms with Crippen LogP contribution in [-0.2, 0) is 0 Å². The van der Waals surface area contributed by atoms with E-state index in [1.54, 1.807) is 0 Å². The van der Waals surface area contributed by atoms with E-state index in [9.17, 15) is 5.11 Å². The minimum atomic E-state index is -1.16. The smallest absolute Gasteiger partial charge is 0.0784 e. The molecule has 0 aliphatic carbocycles. The lowest BCUT2D eigenvalue weighted by molar-refractivity contribution is 0.210. The van der Waals surface area contributed by atoms with Gasteiger partial charge in [-0.25, -0.2) is 0 Å². The maximum Gasteiger partial charge on any atom is 0.0784 e. The standard InChI is InChI=1S/C16H32OSi/c1-7-8-9-10-11-15(13-18(4,5)6)16(17)12-14(2)3/h11,16-17H,2,7-10,12-13H2,1,3-6H3/b15-11+/t16-/m0/s1. The van der Waals surface area contributed by atoms with Crippen molar-refractivity contribution < 1.29 is 5.11 Å². The summed E-state index contributed by atoms with van der Waals surface area (Å²) >= 11 is 0. The molecule has 106 valence electrons. The van der Waals surface area contributed by atoms with Gasteiger partial charge in [0.15, 0.2) is 0 Å². The highest BCUT2D eigenvalue weighted by Gasteiger charge is 2.20. The molecule has 0 heterocycles. The van der Waals surface area contributed by atoms with E-state index >= 15 is 0 Å². The van der Waals surface area contributed by atoms with Crippen LogP contribution in [0.4, 0.5) is 0 Å². The van der Waals surface area contributed by atoms with Crippen LogP contribution in [0.2, 0.25) is 25.7 Å². The Morgan fingerprint density at radius 2 is 1.89 bits per heavy atom. The Bertz CT molecular complexity index is 273. The number of hydrogen-bond donors (Lipinski definition) is 1. The first kappa shape index (κ1) is 17.7. The van der Waals surface area contributed by atoms with Crippen molar-refractivity contribution in [3.8, 4) is 0 Å². The number of aliphatic hydroxyl groups is 1. The van der Waals surface area contributed by atoms with Gasteiger partial charge in [0, 0.05) is 8.07 Å². The van der Waals surface area contributed by atoms with Gasteiger partial charge < -0.3 is 5.11 Å². The number of allylic oxidation sites excluding steroid dienone is 1. The first-order valence-corrected chi connectivity index (χ1v) is 11.0. The summed E-state index contributed by atoms with van der Waals surface area (Å²) in [6.07, 6.45) is 7.59. The number of unbranched alkanes of at least 4 members (excludes halogenated alkanes) is 3. The first-order chi connectivity index (χ1) is 8.26. The minimum absolute atomic E-state index is 0.309. The van der Waals surface area contributed by atoms with E-state index in [1.807, 2.05) is 6.92 Å². The monoisotopic (exact) mass is 268 g/mol. The highest BCUT2D eigenvalue weighted by molar-refractivity contribution is 6.76. The summed E-state index contributed by atoms with van der Waals surface area (Å²) in [6.45, 7) is 15.2. The Morgan fingerprint density at radius 1 is 1.28 bits per heavy atom. The second kappa shape index (κ2) is 8.71. The van der Waals surface area contributed by atoms with Gasteiger partial charge in [-0.05, 0) is 37.8 Å². The zero-order valence-corrected chi connectivity index (χ0v) is 14.1. The van der Waals surface area contributed by atoms with Crippen LogP contribution in [0.1, 0.15) is 46.0 Å². The minimum Gasteiger partial charge on any atom is -0.388 e. The van der Waals surface area contributed by atoms with Gasteiger partial charge >= 0.3 is 0 Å². The van der Waals surface area contributed by atoms with Gasteiger partial charge in [0.25, 0.3) is 0 Å². The van der Waals surface area contributed by atoms with Crippen molar-refractivity contribution in [3.63, 3.8) is 0 Å². The van der Waals surface area contributed by atoms with Crippen LogP contribution >= 0.6 is 0 Å². The molecular formula is C16H32OSi. The fraction of sp³-hybridized carbons (Fsp3) is 0.750. The molecule has 0 aromatic heterocycles. The molecule has 18 heavy (non-hydrogen) atoms. The summed E-state index contributed by atoms with van der Waals surface area (Å²) in [5, 5.41) is 10.3. The van der Waals surface area contributed by atoms with E-state index in [0.29, 0.717) is 6.42 Å². The van der Waals surface area contributed by atoms with Crippen molar-refractivity contribution in [3.05, 3.63) is 23.8 Å². The van der Waals surface area contributed by atoms with E-state index in [0.717, 1.165) is 18.0 Å². The summed E-state index contributed by atoms with van der Waals surface area (Å²) in [4.78, 5) is 0. The molecule has 0 fully saturated rings. The number of rotatable bonds is 9. The summed E-state index contributed by atoms with van der Waals surface area (Å²) in [5.74, 6) is 0. The van der Waals surface area contributed by atoms with Gasteiger partial charge in [-0.15, -0.1) is 6.58 Å². The molecular weight excluding hydrogens is 236 g/mol. The molecule has 0 aliphatic rings. The molecule has 0 bridgehead atoms. The molecule has 1 atom stereocenters. The Morgan fingerprint density at radius 3 is 2.33 bits per heavy atom. The van der Waals surface area contributed by atoms with Gasteiger partial charge in [0.2, 0.25) is 0 Å². The Balaban J connectivity index is 4.55. The number of aliphatic hydroxyl groups excluding tert-OH is 1. The van der Waals surface area contributed by atoms with Gasteiger partial charge in [-0.1, -0.05) is 51.1 Å². The topological polar surface area (TPSA) is 20.2 Å². The molecule has 1 N–H and O–H groups in total. The van der Waals surface area contributed by atoms with Crippen LogP contribution in [0.3, 0.4) is 0 Å². The predicted molar refractivity (Wildman–Crippen MR) is 85.8 cm³/mol. The Labute approximate surface area is 115 Å². The van der Waals surface area contributed by atoms with Crippen LogP contribution in [0.15, 0.2) is 23.8 Å². The fourth-order valence-corrected chi connectivity index (χ4v) is 3.69. The van der Waals surface area contributed by atoms with Gasteiger partial charge in [-0.2, -0.15) is 0 Å². The van der Waals surface area contributed by atoms with Crippen molar-refractivity contribution in [2.75, 3.05) is 0 Å². The van der Waals surface area contributed by atoms with E-state index < -0.39 is 8.07 Å². The first-order valence-electron chi connectivity index (χ1n) is 7.27. The third kappa shape index (κ3) is 9.66. The van der Waals surface area contributed by atoms with Gasteiger partial charge in [-0.3, -0.25) is 0 Å². The molecule has 0 aromatic carbocycles. The largest absolute Gasteiger partial charge is 0.388 e. The van der Waals surface area contributed by atoms with Crippen LogP contribution < -0.4 is 0 Å². The van der Waals surface area contributed by atoms with Crippen LogP contribution in [0, 0.1) is 0 Å². The van der Waals surface area contributed by atoms with E-state index in [-0.39, 0.29) is 6.10 Å². The third-order valence-corrected chi connectivity index (χ3v) is 4.39. The molecule has 0 saturated carbocycles. The van der Waals surface area contributed by atoms with Crippen molar-refractivity contribution in [2.24, 2.45) is 0 Å². The second-order valence-electron chi connectivity index (χ2n) is 6.69. The molecule has 0 spiro atoms. The zero-order chi connectivity index (χ0) is 14.2. The predicted octanol–water partition coefficient (Wildman–Crippen LogP) is 5.16. The maximum atomic E-state index is 10.3. The van der Waals surface area contributed by atoms with E-state index in [4.69, 9.17) is 0 Å². The molecule has 0 aliphatic heterocycles. The molecule has 2 heteroatoms. The normalized spacial score (nSPS) is 14.7. The summed E-state index contributed by atoms with van der Waals surface area (Å²) in [5.41, 5.74) is 2.32. The van der Waals surface area contributed by atoms with Crippen molar-refractivity contribution in [1.82, 2.24) is 0 Å². The number of hydrogen-bond acceptors (Lipinski definition) is 1. The molecule has 1 nitrogen and oxygen atoms in total. The van der Waals surface area contributed by atoms with Gasteiger partial charge in [0.1, 0.15) is 0 Å². The quantitative estimate of drug-likeness (QED) is 0.348. The third-order valence-electron chi connectivity index (χ3n) is 2.92. The maximum absolute atomic E-state index is 10.3. The molecule has 0 radical (unpaired) electrons. The second-order valence-corrected chi connectivity index (χ2v) is 12.2. The molecule has 0 saturated heterocycles. The van der Waals surface area contributed by atoms with Crippen LogP contribution in [0.5, 0.6) is 0 Å². The van der Waals surface area contributed by atoms with Crippen molar-refractivity contribution in [1.29, 1.82) is 0 Å². The SMILES string of the molecule is C=C(C)C[C@H](O)/C(=C/CCCCC)C[Si](C)(C)C. The Kier molecular flexibility index (Phi) is 8.54. The highest BCUT2D eigenvalue weighted by Crippen LogP contribution is 2.23. The lowest BCUT2D eigenvalue weighted by Gasteiger charge is -2.22. The van der Waals surface area contributed by atoms with Crippen LogP contribution in [0.25, 0.3) is 0 Å². The summed E-state index contributed by atoms with van der Waals surface area (Å²) in [6, 6.07) is 1.10. The Hall–Kier alpha value is -0.343. The van der Waals surface area contributed by atoms with E-state index in [2.05, 4.69) is 39.2 Å². The lowest BCUT2D eigenvalue weighted by atomic mass is 10.0. The van der Waals surface area contributed by atoms with Crippen molar-refractivity contribution >= 4 is 8.07 Å². The summed E-state index contributed by atoms with van der Waals surface area (Å²) < 4.78 is 0. The molecule has 0 aromatic rings. The van der Waals surface area contributed by atoms with Crippen molar-refractivity contribution in [2.45, 2.75) is 77.7 Å². The fourth-order valence-electron chi connectivity index (χ4n) is 2.08. The zero-order valence-electron chi connectivity index (χ0n) is 13.1. The molecule has 0 amide bonds. The lowest BCUT2D eigenvalue weighted by Crippen LogP contribution is -2.24.